The van der Waals surface area contributed by atoms with Crippen LogP contribution < -0.4 is 4.74 Å². The van der Waals surface area contributed by atoms with E-state index in [-0.39, 0.29) is 25.1 Å². The van der Waals surface area contributed by atoms with E-state index in [1.54, 1.807) is 18.4 Å². The topological polar surface area (TPSA) is 62.2 Å². The zero-order valence-electron chi connectivity index (χ0n) is 18.8. The van der Waals surface area contributed by atoms with E-state index in [0.29, 0.717) is 19.7 Å². The third kappa shape index (κ3) is 6.53. The Bertz CT molecular complexity index is 840. The number of thiophene rings is 1. The summed E-state index contributed by atoms with van der Waals surface area (Å²) in [6.07, 6.45) is 1.19. The molecule has 1 aromatic heterocycles. The monoisotopic (exact) mass is 446 g/mol. The van der Waals surface area contributed by atoms with Gasteiger partial charge >= 0.3 is 0 Å². The maximum Gasteiger partial charge on any atom is 0.237 e. The third-order valence-corrected chi connectivity index (χ3v) is 6.54. The third-order valence-electron chi connectivity index (χ3n) is 5.54. The van der Waals surface area contributed by atoms with E-state index in [0.717, 1.165) is 30.7 Å². The van der Waals surface area contributed by atoms with E-state index in [2.05, 4.69) is 18.4 Å². The first-order valence-corrected chi connectivity index (χ1v) is 11.8. The molecular weight excluding hydrogens is 412 g/mol. The smallest absolute Gasteiger partial charge is 0.237 e. The molecule has 31 heavy (non-hydrogen) atoms. The second kappa shape index (κ2) is 11.6. The fraction of sp³-hybridized carbons (Fsp3) is 0.542. The zero-order valence-corrected chi connectivity index (χ0v) is 19.6. The molecule has 0 radical (unpaired) electrons. The number of hydrogen-bond acceptors (Lipinski definition) is 6. The van der Waals surface area contributed by atoms with Crippen LogP contribution in [0.5, 0.6) is 5.75 Å². The van der Waals surface area contributed by atoms with Gasteiger partial charge < -0.3 is 19.5 Å². The molecule has 2 heterocycles. The van der Waals surface area contributed by atoms with Gasteiger partial charge in [0.05, 0.1) is 25.3 Å². The molecule has 0 bridgehead atoms. The van der Waals surface area contributed by atoms with E-state index in [4.69, 9.17) is 9.47 Å². The van der Waals surface area contributed by atoms with Gasteiger partial charge in [-0.1, -0.05) is 19.1 Å². The molecule has 7 heteroatoms. The number of nitrogens with zero attached hydrogens (tertiary/aromatic N) is 2. The largest absolute Gasteiger partial charge is 0.491 e. The molecule has 3 rings (SSSR count). The van der Waals surface area contributed by atoms with Gasteiger partial charge in [0, 0.05) is 25.1 Å². The van der Waals surface area contributed by atoms with Crippen molar-refractivity contribution in [2.45, 2.75) is 38.8 Å². The Balaban J connectivity index is 1.71. The summed E-state index contributed by atoms with van der Waals surface area (Å²) in [5.41, 5.74) is 2.34. The minimum absolute atomic E-state index is 0.0766. The molecule has 0 aliphatic carbocycles. The summed E-state index contributed by atoms with van der Waals surface area (Å²) >= 11 is 1.75. The molecule has 6 nitrogen and oxygen atoms in total. The lowest BCUT2D eigenvalue weighted by Gasteiger charge is -2.37. The Morgan fingerprint density at radius 2 is 2.23 bits per heavy atom. The van der Waals surface area contributed by atoms with Crippen LogP contribution in [0.1, 0.15) is 35.4 Å². The van der Waals surface area contributed by atoms with Crippen molar-refractivity contribution in [3.63, 3.8) is 0 Å². The Morgan fingerprint density at radius 1 is 1.39 bits per heavy atom. The molecule has 1 aromatic carbocycles. The summed E-state index contributed by atoms with van der Waals surface area (Å²) in [5, 5.41) is 12.2. The van der Waals surface area contributed by atoms with Gasteiger partial charge in [0.1, 0.15) is 12.4 Å². The Kier molecular flexibility index (Phi) is 8.90. The first-order chi connectivity index (χ1) is 15.0. The van der Waals surface area contributed by atoms with Crippen molar-refractivity contribution in [1.82, 2.24) is 9.80 Å². The maximum absolute atomic E-state index is 13.3. The zero-order chi connectivity index (χ0) is 22.2. The molecule has 170 valence electrons. The van der Waals surface area contributed by atoms with Crippen LogP contribution >= 0.6 is 11.3 Å². The Morgan fingerprint density at radius 3 is 2.97 bits per heavy atom. The SMILES string of the molecule is CCCN(CC(=O)N1CCc2sccc2C1COc1cccc(C)c1)CC(O)COC. The van der Waals surface area contributed by atoms with Gasteiger partial charge in [0.2, 0.25) is 5.91 Å². The highest BCUT2D eigenvalue weighted by Gasteiger charge is 2.33. The first kappa shape index (κ1) is 23.7. The van der Waals surface area contributed by atoms with E-state index in [1.165, 1.54) is 10.4 Å². The summed E-state index contributed by atoms with van der Waals surface area (Å²) < 4.78 is 11.2. The number of aryl methyl sites for hydroxylation is 1. The van der Waals surface area contributed by atoms with E-state index >= 15 is 0 Å². The van der Waals surface area contributed by atoms with Crippen LogP contribution in [-0.2, 0) is 16.0 Å². The number of methoxy groups -OCH3 is 1. The van der Waals surface area contributed by atoms with Gasteiger partial charge in [-0.05, 0) is 61.0 Å². The summed E-state index contributed by atoms with van der Waals surface area (Å²) in [4.78, 5) is 18.7. The maximum atomic E-state index is 13.3. The number of carbonyl (C=O) groups is 1. The lowest BCUT2D eigenvalue weighted by molar-refractivity contribution is -0.136. The van der Waals surface area contributed by atoms with Gasteiger partial charge in [-0.25, -0.2) is 0 Å². The van der Waals surface area contributed by atoms with Crippen LogP contribution in [-0.4, -0.2) is 73.4 Å². The molecule has 2 aromatic rings. The Labute approximate surface area is 189 Å². The van der Waals surface area contributed by atoms with Crippen molar-refractivity contribution >= 4 is 17.2 Å². The van der Waals surface area contributed by atoms with Gasteiger partial charge in [0.15, 0.2) is 0 Å². The second-order valence-electron chi connectivity index (χ2n) is 8.12. The molecule has 0 spiro atoms. The number of hydrogen-bond donors (Lipinski definition) is 1. The molecule has 0 saturated carbocycles. The van der Waals surface area contributed by atoms with Crippen LogP contribution in [0.3, 0.4) is 0 Å². The summed E-state index contributed by atoms with van der Waals surface area (Å²) in [5.74, 6) is 0.901. The van der Waals surface area contributed by atoms with E-state index in [9.17, 15) is 9.90 Å². The molecule has 1 aliphatic rings. The van der Waals surface area contributed by atoms with E-state index in [1.807, 2.05) is 41.0 Å². The van der Waals surface area contributed by atoms with Crippen molar-refractivity contribution in [1.29, 1.82) is 0 Å². The van der Waals surface area contributed by atoms with Gasteiger partial charge in [-0.15, -0.1) is 11.3 Å². The van der Waals surface area contributed by atoms with Crippen molar-refractivity contribution < 1.29 is 19.4 Å². The highest BCUT2D eigenvalue weighted by molar-refractivity contribution is 7.10. The molecular formula is C24H34N2O4S. The van der Waals surface area contributed by atoms with E-state index < -0.39 is 6.10 Å². The lowest BCUT2D eigenvalue weighted by atomic mass is 10.0. The molecule has 1 aliphatic heterocycles. The predicted octanol–water partition coefficient (Wildman–Crippen LogP) is 3.28. The molecule has 2 unspecified atom stereocenters. The van der Waals surface area contributed by atoms with Crippen LogP contribution in [0.15, 0.2) is 35.7 Å². The lowest BCUT2D eigenvalue weighted by Crippen LogP contribution is -2.48. The molecule has 0 saturated heterocycles. The van der Waals surface area contributed by atoms with Crippen molar-refractivity contribution in [3.05, 3.63) is 51.7 Å². The number of carbonyl (C=O) groups excluding carboxylic acids is 1. The molecule has 0 fully saturated rings. The average molecular weight is 447 g/mol. The quantitative estimate of drug-likeness (QED) is 0.574. The highest BCUT2D eigenvalue weighted by atomic mass is 32.1. The van der Waals surface area contributed by atoms with Crippen LogP contribution in [0.2, 0.25) is 0 Å². The number of benzene rings is 1. The van der Waals surface area contributed by atoms with Crippen LogP contribution in [0.4, 0.5) is 0 Å². The highest BCUT2D eigenvalue weighted by Crippen LogP contribution is 2.34. The molecule has 1 amide bonds. The summed E-state index contributed by atoms with van der Waals surface area (Å²) in [7, 11) is 1.57. The molecule has 2 atom stereocenters. The minimum Gasteiger partial charge on any atom is -0.491 e. The van der Waals surface area contributed by atoms with Crippen LogP contribution in [0, 0.1) is 6.92 Å². The number of aliphatic hydroxyl groups excluding tert-OH is 1. The number of fused-ring (bicyclic) bond motifs is 1. The number of ether oxygens (including phenoxy) is 2. The number of rotatable bonds is 11. The summed E-state index contributed by atoms with van der Waals surface area (Å²) in [6.45, 7) is 6.98. The Hall–Kier alpha value is -1.93. The second-order valence-corrected chi connectivity index (χ2v) is 9.12. The minimum atomic E-state index is -0.602. The number of amides is 1. The van der Waals surface area contributed by atoms with Gasteiger partial charge in [-0.2, -0.15) is 0 Å². The fourth-order valence-corrected chi connectivity index (χ4v) is 5.06. The average Bonchev–Trinajstić information content (AvgIpc) is 3.21. The predicted molar refractivity (Wildman–Crippen MR) is 124 cm³/mol. The van der Waals surface area contributed by atoms with Crippen molar-refractivity contribution in [2.75, 3.05) is 46.5 Å². The fourth-order valence-electron chi connectivity index (χ4n) is 4.13. The first-order valence-electron chi connectivity index (χ1n) is 11.0. The van der Waals surface area contributed by atoms with Crippen molar-refractivity contribution in [2.24, 2.45) is 0 Å². The van der Waals surface area contributed by atoms with Crippen molar-refractivity contribution in [3.8, 4) is 5.75 Å². The molecule has 1 N–H and O–H groups in total. The summed E-state index contributed by atoms with van der Waals surface area (Å²) in [6, 6.07) is 10.0. The van der Waals surface area contributed by atoms with Crippen LogP contribution in [0.25, 0.3) is 0 Å². The number of aliphatic hydroxyl groups is 1. The van der Waals surface area contributed by atoms with Gasteiger partial charge in [0.25, 0.3) is 0 Å². The standard InChI is InChI=1S/C24H34N2O4S/c1-4-10-25(14-19(27)16-29-3)15-24(28)26-11-8-23-21(9-12-31-23)22(26)17-30-20-7-5-6-18(2)13-20/h5-7,9,12-13,19,22,27H,4,8,10-11,14-17H2,1-3H3. The normalized spacial score (nSPS) is 16.9. The van der Waals surface area contributed by atoms with Gasteiger partial charge in [-0.3, -0.25) is 9.69 Å².